The summed E-state index contributed by atoms with van der Waals surface area (Å²) in [4.78, 5) is 42.6. The fourth-order valence-electron chi connectivity index (χ4n) is 4.41. The summed E-state index contributed by atoms with van der Waals surface area (Å²) in [5, 5.41) is 17.3. The third kappa shape index (κ3) is 35.1. The van der Waals surface area contributed by atoms with Gasteiger partial charge in [0.2, 0.25) is 0 Å². The molecule has 1 saturated heterocycles. The summed E-state index contributed by atoms with van der Waals surface area (Å²) in [7, 11) is 4.18. The molecule has 0 aliphatic carbocycles. The van der Waals surface area contributed by atoms with E-state index in [1.807, 2.05) is 0 Å². The number of thiol groups is 3. The van der Waals surface area contributed by atoms with E-state index in [9.17, 15) is 19.2 Å². The van der Waals surface area contributed by atoms with Crippen molar-refractivity contribution in [2.75, 3.05) is 23.0 Å². The second kappa shape index (κ2) is 43.4. The van der Waals surface area contributed by atoms with Gasteiger partial charge in [0, 0.05) is 28.1 Å². The number of hydrogen-bond donors (Lipinski definition) is 5. The maximum atomic E-state index is 11.3. The van der Waals surface area contributed by atoms with Crippen molar-refractivity contribution in [3.63, 3.8) is 0 Å². The Morgan fingerprint density at radius 2 is 1.00 bits per heavy atom. The highest BCUT2D eigenvalue weighted by Gasteiger charge is 2.38. The van der Waals surface area contributed by atoms with Gasteiger partial charge < -0.3 is 0 Å². The van der Waals surface area contributed by atoms with E-state index in [2.05, 4.69) is 85.2 Å². The van der Waals surface area contributed by atoms with E-state index >= 15 is 0 Å². The van der Waals surface area contributed by atoms with Crippen LogP contribution in [0.4, 0.5) is 0 Å². The summed E-state index contributed by atoms with van der Waals surface area (Å²) in [6, 6.07) is 0. The normalized spacial score (nSPS) is 14.9. The topological polar surface area (TPSA) is 115 Å². The average molecular weight is 828 g/mol. The van der Waals surface area contributed by atoms with Crippen LogP contribution in [0.5, 0.6) is 0 Å². The van der Waals surface area contributed by atoms with Crippen LogP contribution in [-0.4, -0.2) is 72.4 Å². The van der Waals surface area contributed by atoms with Gasteiger partial charge in [-0.2, -0.15) is 17.7 Å². The van der Waals surface area contributed by atoms with Gasteiger partial charge in [-0.15, -0.1) is 40.1 Å². The number of hydroxylamine groups is 4. The smallest absolute Gasteiger partial charge is 0.277 e. The Morgan fingerprint density at radius 3 is 1.30 bits per heavy atom. The Hall–Kier alpha value is 0.0400. The molecule has 50 heavy (non-hydrogen) atoms. The quantitative estimate of drug-likeness (QED) is 0.0202. The van der Waals surface area contributed by atoms with Crippen LogP contribution in [0, 0.1) is 0 Å². The molecule has 1 atom stereocenters. The highest BCUT2D eigenvalue weighted by Crippen LogP contribution is 2.25. The number of unbranched alkanes of at least 4 members (excludes halogenated alkanes) is 16. The molecule has 2 aliphatic rings. The highest BCUT2D eigenvalue weighted by molar-refractivity contribution is 8.76. The van der Waals surface area contributed by atoms with Gasteiger partial charge in [-0.05, 0) is 37.2 Å². The average Bonchev–Trinajstić information content (AvgIpc) is 3.60. The molecule has 2 rings (SSSR count). The standard InChI is InChI=1S/C14H30S2.C11H19NO3S.C7H16S.C4H3NO3.H2S2.2H2/c1-3-5-7-9-11-13-15-16-14-12-10-8-6-4-2;1-2-3-4-5-6-7-16-9-8-10(13)12(15)11(9)14;1-2-3-4-5-6-7-8;6-3-1-2-4(7)5(3)8;1-2;;/h3-14H2,1-2H3;9,15H,2-8H2,1H3;8H,2-7H2,1H3;1-2,8H;1-2H;2*1H/i;;;;;1+2D;1+2. The first-order valence-electron chi connectivity index (χ1n) is 19.7. The molecule has 1 unspecified atom stereocenters. The first-order chi connectivity index (χ1) is 25.2. The van der Waals surface area contributed by atoms with Crippen molar-refractivity contribution in [2.24, 2.45) is 0 Å². The van der Waals surface area contributed by atoms with Gasteiger partial charge in [0.15, 0.2) is 0 Å². The van der Waals surface area contributed by atoms with Crippen molar-refractivity contribution in [1.29, 1.82) is 0 Å². The third-order valence-electron chi connectivity index (χ3n) is 7.44. The lowest BCUT2D eigenvalue weighted by Gasteiger charge is -2.06. The van der Waals surface area contributed by atoms with E-state index in [-0.39, 0.29) is 23.2 Å². The number of amides is 4. The van der Waals surface area contributed by atoms with Crippen LogP contribution >= 0.6 is 69.3 Å². The second-order valence-electron chi connectivity index (χ2n) is 12.0. The zero-order valence-electron chi connectivity index (χ0n) is 33.4. The van der Waals surface area contributed by atoms with Gasteiger partial charge in [0.1, 0.15) is 0 Å². The van der Waals surface area contributed by atoms with Gasteiger partial charge in [-0.3, -0.25) is 29.6 Å². The Bertz CT molecular complexity index is 820. The maximum absolute atomic E-state index is 11.3. The number of thioether (sulfide) groups is 1. The number of carbonyl (C=O) groups excluding carboxylic acids is 4. The molecule has 2 aliphatic heterocycles. The lowest BCUT2D eigenvalue weighted by Crippen LogP contribution is -2.27. The maximum Gasteiger partial charge on any atom is 0.277 e. The zero-order chi connectivity index (χ0) is 40.3. The number of hydrogen-bond acceptors (Lipinski definition) is 12. The van der Waals surface area contributed by atoms with E-state index in [1.54, 1.807) is 0 Å². The third-order valence-corrected chi connectivity index (χ3v) is 11.6. The van der Waals surface area contributed by atoms with Gasteiger partial charge in [-0.1, -0.05) is 152 Å². The molecule has 1 fully saturated rings. The van der Waals surface area contributed by atoms with Gasteiger partial charge in [0.05, 0.1) is 11.7 Å². The van der Waals surface area contributed by atoms with E-state index in [1.165, 1.54) is 145 Å². The van der Waals surface area contributed by atoms with Crippen molar-refractivity contribution in [2.45, 2.75) is 168 Å². The summed E-state index contributed by atoms with van der Waals surface area (Å²) in [6.45, 7) is 8.97. The monoisotopic (exact) mass is 827 g/mol. The molecule has 0 aromatic heterocycles. The molecule has 0 bridgehead atoms. The number of nitrogens with zero attached hydrogens (tertiary/aromatic N) is 2. The van der Waals surface area contributed by atoms with Crippen LogP contribution in [-0.2, 0) is 19.2 Å². The van der Waals surface area contributed by atoms with Crippen LogP contribution in [0.2, 0.25) is 0 Å². The van der Waals surface area contributed by atoms with Crippen LogP contribution in [0.25, 0.3) is 0 Å². The molecule has 0 aromatic rings. The summed E-state index contributed by atoms with van der Waals surface area (Å²) >= 11 is 12.1. The van der Waals surface area contributed by atoms with Crippen LogP contribution in [0.15, 0.2) is 12.2 Å². The van der Waals surface area contributed by atoms with E-state index < -0.39 is 23.6 Å². The first kappa shape index (κ1) is 52.1. The predicted octanol–water partition coefficient (Wildman–Crippen LogP) is 12.0. The fraction of sp³-hybridized carbons (Fsp3) is 0.833. The lowest BCUT2D eigenvalue weighted by molar-refractivity contribution is -0.171. The minimum absolute atomic E-state index is 0. The molecule has 2 heterocycles. The Kier molecular flexibility index (Phi) is 45.3. The largest absolute Gasteiger partial charge is 0.278 e. The lowest BCUT2D eigenvalue weighted by atomic mass is 10.2. The summed E-state index contributed by atoms with van der Waals surface area (Å²) in [6.07, 6.45) is 29.1. The SMILES string of the molecule is CCCCCCCS.CCCCCCCSC1CC(=O)N(O)C1=O.CCCCCCCSSCCCCCCC.O=C1C=CC(=O)N1O.SS.[2H][3H].[3HH]. The van der Waals surface area contributed by atoms with E-state index in [0.29, 0.717) is 0 Å². The van der Waals surface area contributed by atoms with Crippen molar-refractivity contribution in [3.8, 4) is 0 Å². The summed E-state index contributed by atoms with van der Waals surface area (Å²) in [5.41, 5.74) is 0. The van der Waals surface area contributed by atoms with Gasteiger partial charge >= 0.3 is 0 Å². The Morgan fingerprint density at radius 1 is 0.640 bits per heavy atom. The number of imide groups is 2. The summed E-state index contributed by atoms with van der Waals surface area (Å²) in [5.74, 6) is 2.37. The first-order valence-corrected chi connectivity index (χ1v) is 24.5. The number of carbonyl (C=O) groups is 4. The minimum atomic E-state index is -0.685. The molecule has 0 saturated carbocycles. The van der Waals surface area contributed by atoms with Gasteiger partial charge in [0.25, 0.3) is 23.6 Å². The molecule has 300 valence electrons. The Balaban J connectivity index is -0.000000194. The number of rotatable bonds is 25. The van der Waals surface area contributed by atoms with E-state index in [4.69, 9.17) is 13.4 Å². The van der Waals surface area contributed by atoms with Crippen molar-refractivity contribution in [3.05, 3.63) is 12.2 Å². The minimum Gasteiger partial charge on any atom is -0.278 e. The van der Waals surface area contributed by atoms with Crippen molar-refractivity contribution in [1.82, 2.24) is 10.1 Å². The predicted molar refractivity (Wildman–Crippen MR) is 233 cm³/mol. The van der Waals surface area contributed by atoms with Crippen LogP contribution < -0.4 is 0 Å². The molecule has 14 heteroatoms. The van der Waals surface area contributed by atoms with Crippen LogP contribution in [0.1, 0.15) is 167 Å². The molecule has 0 aromatic carbocycles. The fourth-order valence-corrected chi connectivity index (χ4v) is 8.08. The molecule has 4 amide bonds. The van der Waals surface area contributed by atoms with E-state index in [0.717, 1.165) is 30.1 Å². The van der Waals surface area contributed by atoms with Crippen molar-refractivity contribution >= 4 is 92.9 Å². The molecule has 2 N–H and O–H groups in total. The molecule has 0 radical (unpaired) electrons. The zero-order valence-corrected chi connectivity index (χ0v) is 36.5. The highest BCUT2D eigenvalue weighted by atomic mass is 33.1. The Labute approximate surface area is 338 Å². The molecular formula is C36H74N2O6S6. The molecule has 8 nitrogen and oxygen atoms in total. The summed E-state index contributed by atoms with van der Waals surface area (Å²) < 4.78 is 10.0. The molecule has 0 spiro atoms. The van der Waals surface area contributed by atoms with Gasteiger partial charge in [-0.25, -0.2) is 0 Å². The molecular weight excluding hydrogens is 749 g/mol. The second-order valence-corrected chi connectivity index (χ2v) is 16.4. The van der Waals surface area contributed by atoms with Crippen LogP contribution in [0.3, 0.4) is 0 Å². The van der Waals surface area contributed by atoms with Crippen molar-refractivity contribution < 1.29 is 34.0 Å².